The summed E-state index contributed by atoms with van der Waals surface area (Å²) in [5, 5.41) is 5.15. The van der Waals surface area contributed by atoms with Crippen molar-refractivity contribution in [2.45, 2.75) is 25.9 Å². The molecular formula is C20H26ClN5O2S. The number of hydrogen-bond donors (Lipinski definition) is 0. The van der Waals surface area contributed by atoms with Crippen LogP contribution < -0.4 is 0 Å². The molecule has 0 bridgehead atoms. The van der Waals surface area contributed by atoms with E-state index in [0.717, 1.165) is 57.7 Å². The summed E-state index contributed by atoms with van der Waals surface area (Å²) in [7, 11) is 0. The number of carbonyl (C=O) groups is 1. The number of carbonyl (C=O) groups excluding carboxylic acids is 1. The molecule has 1 aromatic heterocycles. The average Bonchev–Trinajstić information content (AvgIpc) is 3.10. The minimum atomic E-state index is 0.267. The predicted molar refractivity (Wildman–Crippen MR) is 114 cm³/mol. The van der Waals surface area contributed by atoms with Crippen LogP contribution in [-0.2, 0) is 11.5 Å². The molecule has 1 aromatic carbocycles. The summed E-state index contributed by atoms with van der Waals surface area (Å²) in [5.41, 5.74) is 0.809. The Labute approximate surface area is 180 Å². The van der Waals surface area contributed by atoms with E-state index in [1.807, 2.05) is 29.2 Å². The van der Waals surface area contributed by atoms with Crippen LogP contribution in [0.25, 0.3) is 11.5 Å². The van der Waals surface area contributed by atoms with Crippen molar-refractivity contribution in [2.24, 2.45) is 0 Å². The molecule has 2 saturated heterocycles. The van der Waals surface area contributed by atoms with E-state index in [1.165, 1.54) is 6.42 Å². The highest BCUT2D eigenvalue weighted by atomic mass is 35.5. The van der Waals surface area contributed by atoms with Gasteiger partial charge in [-0.1, -0.05) is 17.7 Å². The largest absolute Gasteiger partial charge is 0.409 e. The number of likely N-dealkylation sites (tertiary alicyclic amines) is 1. The highest BCUT2D eigenvalue weighted by molar-refractivity contribution is 7.71. The fourth-order valence-corrected chi connectivity index (χ4v) is 4.21. The normalized spacial score (nSPS) is 18.9. The van der Waals surface area contributed by atoms with E-state index >= 15 is 0 Å². The van der Waals surface area contributed by atoms with Crippen molar-refractivity contribution in [2.75, 3.05) is 45.8 Å². The Balaban J connectivity index is 1.30. The molecule has 0 aliphatic carbocycles. The first-order valence-electron chi connectivity index (χ1n) is 10.1. The monoisotopic (exact) mass is 435 g/mol. The lowest BCUT2D eigenvalue weighted by Gasteiger charge is -2.35. The van der Waals surface area contributed by atoms with E-state index in [2.05, 4.69) is 14.9 Å². The molecule has 2 fully saturated rings. The number of benzene rings is 1. The molecule has 2 aromatic rings. The summed E-state index contributed by atoms with van der Waals surface area (Å²) >= 11 is 11.4. The molecule has 0 radical (unpaired) electrons. The van der Waals surface area contributed by atoms with E-state index in [4.69, 9.17) is 28.2 Å². The van der Waals surface area contributed by atoms with E-state index in [1.54, 1.807) is 4.68 Å². The van der Waals surface area contributed by atoms with Gasteiger partial charge in [0.25, 0.3) is 4.84 Å². The lowest BCUT2D eigenvalue weighted by molar-refractivity contribution is -0.133. The molecule has 0 unspecified atom stereocenters. The number of piperidine rings is 1. The standard InChI is InChI=1S/C20H26ClN5O2S/c21-17-6-4-5-16(13-17)19-22-26(20(29)28-19)15-24-11-9-23(10-12-24)14-18(27)25-7-2-1-3-8-25/h4-6,13H,1-3,7-12,14-15H2. The molecular weight excluding hydrogens is 410 g/mol. The third-order valence-electron chi connectivity index (χ3n) is 5.54. The molecule has 3 heterocycles. The van der Waals surface area contributed by atoms with E-state index in [-0.39, 0.29) is 5.91 Å². The third kappa shape index (κ3) is 5.25. The maximum absolute atomic E-state index is 12.5. The van der Waals surface area contributed by atoms with Gasteiger partial charge in [-0.15, -0.1) is 5.10 Å². The Hall–Kier alpha value is -1.74. The van der Waals surface area contributed by atoms with Gasteiger partial charge in [0.05, 0.1) is 13.2 Å². The summed E-state index contributed by atoms with van der Waals surface area (Å²) in [6.45, 7) is 6.41. The molecule has 2 aliphatic rings. The van der Waals surface area contributed by atoms with Gasteiger partial charge in [0, 0.05) is 49.9 Å². The molecule has 9 heteroatoms. The number of halogens is 1. The van der Waals surface area contributed by atoms with Crippen LogP contribution in [0, 0.1) is 4.84 Å². The van der Waals surface area contributed by atoms with Gasteiger partial charge in [-0.2, -0.15) is 0 Å². The smallest absolute Gasteiger partial charge is 0.288 e. The summed E-state index contributed by atoms with van der Waals surface area (Å²) in [6.07, 6.45) is 3.51. The lowest BCUT2D eigenvalue weighted by atomic mass is 10.1. The average molecular weight is 436 g/mol. The zero-order valence-electron chi connectivity index (χ0n) is 16.4. The highest BCUT2D eigenvalue weighted by Gasteiger charge is 2.23. The maximum Gasteiger partial charge on any atom is 0.288 e. The van der Waals surface area contributed by atoms with E-state index in [9.17, 15) is 4.79 Å². The van der Waals surface area contributed by atoms with Gasteiger partial charge in [0.2, 0.25) is 11.8 Å². The van der Waals surface area contributed by atoms with Crippen LogP contribution in [0.4, 0.5) is 0 Å². The van der Waals surface area contributed by atoms with Gasteiger partial charge in [-0.05, 0) is 49.7 Å². The first kappa shape index (κ1) is 20.5. The second-order valence-corrected chi connectivity index (χ2v) is 8.45. The number of hydrogen-bond acceptors (Lipinski definition) is 6. The van der Waals surface area contributed by atoms with Crippen molar-refractivity contribution < 1.29 is 9.21 Å². The summed E-state index contributed by atoms with van der Waals surface area (Å²) in [6, 6.07) is 7.38. The van der Waals surface area contributed by atoms with Gasteiger partial charge in [0.15, 0.2) is 0 Å². The second-order valence-electron chi connectivity index (χ2n) is 7.66. The van der Waals surface area contributed by atoms with Crippen LogP contribution in [-0.4, -0.2) is 76.2 Å². The van der Waals surface area contributed by atoms with Crippen LogP contribution >= 0.6 is 23.8 Å². The van der Waals surface area contributed by atoms with Crippen LogP contribution in [0.3, 0.4) is 0 Å². The van der Waals surface area contributed by atoms with Gasteiger partial charge in [0.1, 0.15) is 0 Å². The molecule has 0 N–H and O–H groups in total. The maximum atomic E-state index is 12.5. The summed E-state index contributed by atoms with van der Waals surface area (Å²) < 4.78 is 7.37. The summed E-state index contributed by atoms with van der Waals surface area (Å²) in [4.78, 5) is 19.4. The molecule has 4 rings (SSSR count). The quantitative estimate of drug-likeness (QED) is 0.672. The Morgan fingerprint density at radius 2 is 1.79 bits per heavy atom. The molecule has 156 valence electrons. The Morgan fingerprint density at radius 3 is 2.52 bits per heavy atom. The van der Waals surface area contributed by atoms with Gasteiger partial charge < -0.3 is 9.32 Å². The molecule has 7 nitrogen and oxygen atoms in total. The zero-order chi connectivity index (χ0) is 20.2. The fraction of sp³-hybridized carbons (Fsp3) is 0.550. The lowest BCUT2D eigenvalue weighted by Crippen LogP contribution is -2.50. The Kier molecular flexibility index (Phi) is 6.64. The number of nitrogens with zero attached hydrogens (tertiary/aromatic N) is 5. The minimum absolute atomic E-state index is 0.267. The van der Waals surface area contributed by atoms with E-state index in [0.29, 0.717) is 29.0 Å². The number of amides is 1. The fourth-order valence-electron chi connectivity index (χ4n) is 3.85. The first-order valence-corrected chi connectivity index (χ1v) is 10.9. The molecule has 0 spiro atoms. The van der Waals surface area contributed by atoms with Crippen LogP contribution in [0.5, 0.6) is 0 Å². The molecule has 29 heavy (non-hydrogen) atoms. The van der Waals surface area contributed by atoms with Gasteiger partial charge >= 0.3 is 0 Å². The number of piperazine rings is 1. The minimum Gasteiger partial charge on any atom is -0.409 e. The van der Waals surface area contributed by atoms with Crippen molar-refractivity contribution in [3.05, 3.63) is 34.1 Å². The molecule has 1 amide bonds. The Bertz CT molecular complexity index is 900. The summed E-state index contributed by atoms with van der Waals surface area (Å²) in [5.74, 6) is 0.742. The van der Waals surface area contributed by atoms with Crippen molar-refractivity contribution in [1.29, 1.82) is 0 Å². The topological polar surface area (TPSA) is 57.8 Å². The van der Waals surface area contributed by atoms with Crippen molar-refractivity contribution >= 4 is 29.7 Å². The second kappa shape index (κ2) is 9.38. The van der Waals surface area contributed by atoms with Crippen molar-refractivity contribution in [3.8, 4) is 11.5 Å². The molecule has 2 aliphatic heterocycles. The Morgan fingerprint density at radius 1 is 1.07 bits per heavy atom. The first-order chi connectivity index (χ1) is 14.1. The van der Waals surface area contributed by atoms with Gasteiger partial charge in [-0.25, -0.2) is 4.68 Å². The van der Waals surface area contributed by atoms with Crippen LogP contribution in [0.1, 0.15) is 19.3 Å². The van der Waals surface area contributed by atoms with Crippen LogP contribution in [0.2, 0.25) is 5.02 Å². The number of rotatable bonds is 5. The van der Waals surface area contributed by atoms with E-state index < -0.39 is 0 Å². The molecule has 0 saturated carbocycles. The van der Waals surface area contributed by atoms with Crippen LogP contribution in [0.15, 0.2) is 28.7 Å². The molecule has 0 atom stereocenters. The SMILES string of the molecule is O=C(CN1CCN(Cn2nc(-c3cccc(Cl)c3)oc2=S)CC1)N1CCCCC1. The third-order valence-corrected chi connectivity index (χ3v) is 6.07. The van der Waals surface area contributed by atoms with Gasteiger partial charge in [-0.3, -0.25) is 14.6 Å². The predicted octanol–water partition coefficient (Wildman–Crippen LogP) is 3.11. The van der Waals surface area contributed by atoms with Crippen molar-refractivity contribution in [3.63, 3.8) is 0 Å². The number of aromatic nitrogens is 2. The zero-order valence-corrected chi connectivity index (χ0v) is 18.0. The van der Waals surface area contributed by atoms with Crippen molar-refractivity contribution in [1.82, 2.24) is 24.5 Å². The highest BCUT2D eigenvalue weighted by Crippen LogP contribution is 2.21.